The smallest absolute Gasteiger partial charge is 0.392 e. The summed E-state index contributed by atoms with van der Waals surface area (Å²) in [6.45, 7) is 0.0825. The molecule has 0 spiro atoms. The third-order valence-corrected chi connectivity index (χ3v) is 2.28. The van der Waals surface area contributed by atoms with Crippen LogP contribution in [0.1, 0.15) is 12.0 Å². The van der Waals surface area contributed by atoms with Crippen LogP contribution in [0.2, 0.25) is 0 Å². The van der Waals surface area contributed by atoms with Gasteiger partial charge in [-0.05, 0) is 13.1 Å². The maximum absolute atomic E-state index is 12.1. The molecule has 0 aromatic heterocycles. The highest BCUT2D eigenvalue weighted by molar-refractivity contribution is 5.46. The van der Waals surface area contributed by atoms with Gasteiger partial charge in [-0.2, -0.15) is 13.2 Å². The fourth-order valence-electron chi connectivity index (χ4n) is 1.48. The largest absolute Gasteiger partial charge is 0.493 e. The van der Waals surface area contributed by atoms with E-state index in [0.29, 0.717) is 18.0 Å². The zero-order chi connectivity index (χ0) is 13.6. The molecule has 0 fully saturated rings. The number of nitrogens with one attached hydrogen (secondary N) is 1. The Balaban J connectivity index is 2.77. The average Bonchev–Trinajstić information content (AvgIpc) is 2.29. The van der Waals surface area contributed by atoms with Gasteiger partial charge < -0.3 is 14.8 Å². The van der Waals surface area contributed by atoms with Crippen LogP contribution >= 0.6 is 0 Å². The van der Waals surface area contributed by atoms with Gasteiger partial charge in [0.15, 0.2) is 11.5 Å². The van der Waals surface area contributed by atoms with Crippen LogP contribution in [0, 0.1) is 0 Å². The van der Waals surface area contributed by atoms with Crippen molar-refractivity contribution in [2.75, 3.05) is 20.8 Å². The number of alkyl halides is 3. The number of ether oxygens (including phenoxy) is 2. The molecule has 3 nitrogen and oxygen atoms in total. The molecular formula is C12H16F3NO2. The molecule has 0 heterocycles. The summed E-state index contributed by atoms with van der Waals surface area (Å²) in [7, 11) is 3.20. The van der Waals surface area contributed by atoms with Gasteiger partial charge in [-0.3, -0.25) is 0 Å². The highest BCUT2D eigenvalue weighted by atomic mass is 19.4. The van der Waals surface area contributed by atoms with Gasteiger partial charge in [-0.1, -0.05) is 12.1 Å². The third kappa shape index (κ3) is 4.44. The van der Waals surface area contributed by atoms with E-state index in [-0.39, 0.29) is 0 Å². The van der Waals surface area contributed by atoms with E-state index in [1.165, 1.54) is 7.11 Å². The molecule has 18 heavy (non-hydrogen) atoms. The summed E-state index contributed by atoms with van der Waals surface area (Å²) in [4.78, 5) is 0. The van der Waals surface area contributed by atoms with Crippen LogP contribution < -0.4 is 14.8 Å². The van der Waals surface area contributed by atoms with E-state index in [2.05, 4.69) is 5.32 Å². The Morgan fingerprint density at radius 1 is 1.28 bits per heavy atom. The predicted molar refractivity (Wildman–Crippen MR) is 61.9 cm³/mol. The molecule has 1 N–H and O–H groups in total. The summed E-state index contributed by atoms with van der Waals surface area (Å²) in [6.07, 6.45) is -5.20. The van der Waals surface area contributed by atoms with Crippen molar-refractivity contribution >= 4 is 0 Å². The molecule has 0 saturated heterocycles. The third-order valence-electron chi connectivity index (χ3n) is 2.28. The van der Waals surface area contributed by atoms with E-state index in [1.54, 1.807) is 25.2 Å². The molecule has 0 amide bonds. The van der Waals surface area contributed by atoms with Gasteiger partial charge in [0, 0.05) is 12.1 Å². The van der Waals surface area contributed by atoms with Crippen LogP contribution in [-0.2, 0) is 6.54 Å². The van der Waals surface area contributed by atoms with Crippen molar-refractivity contribution in [3.8, 4) is 11.5 Å². The second kappa shape index (κ2) is 6.49. The lowest BCUT2D eigenvalue weighted by atomic mass is 10.2. The number of rotatable bonds is 6. The zero-order valence-corrected chi connectivity index (χ0v) is 10.3. The van der Waals surface area contributed by atoms with E-state index in [1.807, 2.05) is 0 Å². The Bertz CT molecular complexity index is 380. The normalized spacial score (nSPS) is 11.4. The summed E-state index contributed by atoms with van der Waals surface area (Å²) in [5.41, 5.74) is 0.763. The maximum atomic E-state index is 12.1. The monoisotopic (exact) mass is 263 g/mol. The van der Waals surface area contributed by atoms with Crippen LogP contribution in [0.25, 0.3) is 0 Å². The van der Waals surface area contributed by atoms with E-state index >= 15 is 0 Å². The number of para-hydroxylation sites is 1. The van der Waals surface area contributed by atoms with Gasteiger partial charge in [0.2, 0.25) is 0 Å². The molecule has 0 aliphatic carbocycles. The molecule has 102 valence electrons. The Hall–Kier alpha value is -1.43. The molecule has 1 aromatic carbocycles. The van der Waals surface area contributed by atoms with Crippen LogP contribution in [0.3, 0.4) is 0 Å². The van der Waals surface area contributed by atoms with E-state index in [0.717, 1.165) is 5.56 Å². The fourth-order valence-corrected chi connectivity index (χ4v) is 1.48. The van der Waals surface area contributed by atoms with Gasteiger partial charge >= 0.3 is 6.18 Å². The molecule has 1 aromatic rings. The van der Waals surface area contributed by atoms with Crippen molar-refractivity contribution in [3.05, 3.63) is 23.8 Å². The van der Waals surface area contributed by atoms with Gasteiger partial charge in [0.1, 0.15) is 0 Å². The van der Waals surface area contributed by atoms with E-state index < -0.39 is 19.2 Å². The minimum absolute atomic E-state index is 0.360. The van der Waals surface area contributed by atoms with Gasteiger partial charge in [0.05, 0.1) is 20.1 Å². The molecule has 0 aliphatic rings. The Morgan fingerprint density at radius 2 is 2.00 bits per heavy atom. The molecule has 0 saturated carbocycles. The van der Waals surface area contributed by atoms with Crippen molar-refractivity contribution in [1.82, 2.24) is 5.32 Å². The lowest BCUT2D eigenvalue weighted by Gasteiger charge is -2.15. The van der Waals surface area contributed by atoms with Gasteiger partial charge in [0.25, 0.3) is 0 Å². The second-order valence-electron chi connectivity index (χ2n) is 3.69. The Morgan fingerprint density at radius 3 is 2.56 bits per heavy atom. The topological polar surface area (TPSA) is 30.5 Å². The highest BCUT2D eigenvalue weighted by Crippen LogP contribution is 2.32. The van der Waals surface area contributed by atoms with Crippen LogP contribution in [0.5, 0.6) is 11.5 Å². The summed E-state index contributed by atoms with van der Waals surface area (Å²) >= 11 is 0. The number of halogens is 3. The maximum Gasteiger partial charge on any atom is 0.392 e. The minimum atomic E-state index is -4.22. The van der Waals surface area contributed by atoms with Crippen LogP contribution in [0.4, 0.5) is 13.2 Å². The molecule has 0 atom stereocenters. The SMILES string of the molecule is CNCc1cccc(OC)c1OCCC(F)(F)F. The first-order chi connectivity index (χ1) is 8.48. The number of methoxy groups -OCH3 is 1. The van der Waals surface area contributed by atoms with Crippen molar-refractivity contribution in [3.63, 3.8) is 0 Å². The van der Waals surface area contributed by atoms with Crippen LogP contribution in [0.15, 0.2) is 18.2 Å². The zero-order valence-electron chi connectivity index (χ0n) is 10.3. The quantitative estimate of drug-likeness (QED) is 0.856. The summed E-state index contributed by atoms with van der Waals surface area (Å²) in [5, 5.41) is 2.92. The lowest BCUT2D eigenvalue weighted by Crippen LogP contribution is -2.15. The van der Waals surface area contributed by atoms with Crippen molar-refractivity contribution in [2.24, 2.45) is 0 Å². The molecular weight excluding hydrogens is 247 g/mol. The lowest BCUT2D eigenvalue weighted by molar-refractivity contribution is -0.139. The van der Waals surface area contributed by atoms with Crippen molar-refractivity contribution in [1.29, 1.82) is 0 Å². The van der Waals surface area contributed by atoms with Gasteiger partial charge in [-0.15, -0.1) is 0 Å². The fraction of sp³-hybridized carbons (Fsp3) is 0.500. The highest BCUT2D eigenvalue weighted by Gasteiger charge is 2.27. The summed E-state index contributed by atoms with van der Waals surface area (Å²) < 4.78 is 46.5. The van der Waals surface area contributed by atoms with Gasteiger partial charge in [-0.25, -0.2) is 0 Å². The number of benzene rings is 1. The predicted octanol–water partition coefficient (Wildman–Crippen LogP) is 2.75. The molecule has 6 heteroatoms. The number of hydrogen-bond donors (Lipinski definition) is 1. The summed E-state index contributed by atoms with van der Waals surface area (Å²) in [5.74, 6) is 0.795. The molecule has 0 radical (unpaired) electrons. The standard InChI is InChI=1S/C12H16F3NO2/c1-16-8-9-4-3-5-10(17-2)11(9)18-7-6-12(13,14)15/h3-5,16H,6-8H2,1-2H3. The van der Waals surface area contributed by atoms with Crippen LogP contribution in [-0.4, -0.2) is 26.9 Å². The molecule has 0 aliphatic heterocycles. The summed E-state index contributed by atoms with van der Waals surface area (Å²) in [6, 6.07) is 5.20. The first-order valence-corrected chi connectivity index (χ1v) is 5.48. The number of hydrogen-bond acceptors (Lipinski definition) is 3. The van der Waals surface area contributed by atoms with E-state index in [4.69, 9.17) is 9.47 Å². The molecule has 0 bridgehead atoms. The minimum Gasteiger partial charge on any atom is -0.493 e. The van der Waals surface area contributed by atoms with E-state index in [9.17, 15) is 13.2 Å². The Kier molecular flexibility index (Phi) is 5.27. The van der Waals surface area contributed by atoms with Crippen molar-refractivity contribution in [2.45, 2.75) is 19.1 Å². The first kappa shape index (κ1) is 14.6. The second-order valence-corrected chi connectivity index (χ2v) is 3.69. The first-order valence-electron chi connectivity index (χ1n) is 5.48. The molecule has 1 rings (SSSR count). The Labute approximate surface area is 104 Å². The van der Waals surface area contributed by atoms with Crippen molar-refractivity contribution < 1.29 is 22.6 Å². The average molecular weight is 263 g/mol. The molecule has 0 unspecified atom stereocenters.